The zero-order chi connectivity index (χ0) is 15.6. The predicted octanol–water partition coefficient (Wildman–Crippen LogP) is -1.44. The van der Waals surface area contributed by atoms with Gasteiger partial charge >= 0.3 is 0 Å². The molecule has 0 unspecified atom stereocenters. The standard InChI is InChI=1S/C12H16NO8/c14-5-8-9(15)10(16)11(17)12(21-8)20-7-3-1-6(2-4-7)13(18)19/h1-4,8-12,14-18H,5H2/q-1/t8-,9-,10+,11-,12-/m1/s1. The molecule has 0 aliphatic carbocycles. The zero-order valence-electron chi connectivity index (χ0n) is 10.8. The molecule has 5 atom stereocenters. The molecule has 0 saturated carbocycles. The van der Waals surface area contributed by atoms with Gasteiger partial charge in [-0.05, 0) is 24.3 Å². The van der Waals surface area contributed by atoms with Gasteiger partial charge in [0.05, 0.1) is 12.3 Å². The summed E-state index contributed by atoms with van der Waals surface area (Å²) in [7, 11) is 0. The third kappa shape index (κ3) is 3.41. The highest BCUT2D eigenvalue weighted by Crippen LogP contribution is 2.25. The Balaban J connectivity index is 2.07. The Hall–Kier alpha value is -1.46. The fourth-order valence-electron chi connectivity index (χ4n) is 1.95. The molecular formula is C12H16NO8-. The summed E-state index contributed by atoms with van der Waals surface area (Å²) in [5, 5.41) is 57.1. The Morgan fingerprint density at radius 1 is 1.10 bits per heavy atom. The van der Waals surface area contributed by atoms with Gasteiger partial charge in [0.2, 0.25) is 6.29 Å². The van der Waals surface area contributed by atoms with Gasteiger partial charge in [-0.15, -0.1) is 0 Å². The summed E-state index contributed by atoms with van der Waals surface area (Å²) < 4.78 is 10.5. The number of ether oxygens (including phenoxy) is 2. The van der Waals surface area contributed by atoms with Crippen molar-refractivity contribution in [2.45, 2.75) is 30.7 Å². The van der Waals surface area contributed by atoms with Gasteiger partial charge in [0, 0.05) is 0 Å². The molecule has 9 heteroatoms. The molecular weight excluding hydrogens is 286 g/mol. The van der Waals surface area contributed by atoms with Gasteiger partial charge in [-0.2, -0.15) is 0 Å². The van der Waals surface area contributed by atoms with Crippen molar-refractivity contribution in [1.82, 2.24) is 0 Å². The van der Waals surface area contributed by atoms with Crippen LogP contribution in [0.3, 0.4) is 0 Å². The van der Waals surface area contributed by atoms with Crippen LogP contribution in [0.15, 0.2) is 24.3 Å². The van der Waals surface area contributed by atoms with Crippen LogP contribution >= 0.6 is 0 Å². The summed E-state index contributed by atoms with van der Waals surface area (Å²) in [4.78, 5) is 0. The van der Waals surface area contributed by atoms with Crippen LogP contribution in [0.4, 0.5) is 5.69 Å². The third-order valence-electron chi connectivity index (χ3n) is 3.16. The number of aliphatic hydroxyl groups is 4. The van der Waals surface area contributed by atoms with E-state index in [0.717, 1.165) is 0 Å². The Kier molecular flexibility index (Phi) is 4.96. The largest absolute Gasteiger partial charge is 0.733 e. The molecule has 9 nitrogen and oxygen atoms in total. The summed E-state index contributed by atoms with van der Waals surface area (Å²) in [6.07, 6.45) is -6.88. The number of hydrogen-bond acceptors (Lipinski definition) is 9. The lowest BCUT2D eigenvalue weighted by Crippen LogP contribution is -2.60. The normalized spacial score (nSPS) is 32.8. The predicted molar refractivity (Wildman–Crippen MR) is 68.5 cm³/mol. The first-order valence-corrected chi connectivity index (χ1v) is 6.17. The van der Waals surface area contributed by atoms with E-state index < -0.39 is 37.3 Å². The number of rotatable bonds is 4. The maximum Gasteiger partial charge on any atom is 0.229 e. The molecule has 0 aromatic heterocycles. The molecule has 0 spiro atoms. The van der Waals surface area contributed by atoms with Gasteiger partial charge in [-0.25, -0.2) is 0 Å². The minimum Gasteiger partial charge on any atom is -0.733 e. The molecule has 0 bridgehead atoms. The van der Waals surface area contributed by atoms with Gasteiger partial charge in [-0.1, -0.05) is 0 Å². The second-order valence-electron chi connectivity index (χ2n) is 4.58. The molecule has 1 heterocycles. The molecule has 1 aromatic rings. The first-order valence-electron chi connectivity index (χ1n) is 6.17. The SMILES string of the molecule is [O-]N(O)c1ccc(O[C@@H]2O[C@H](CO)[C@@H](O)[C@H](O)[C@H]2O)cc1. The molecule has 1 fully saturated rings. The maximum absolute atomic E-state index is 10.6. The van der Waals surface area contributed by atoms with E-state index in [1.54, 1.807) is 0 Å². The molecule has 1 aliphatic rings. The van der Waals surface area contributed by atoms with Crippen LogP contribution in [0.5, 0.6) is 5.75 Å². The smallest absolute Gasteiger partial charge is 0.229 e. The first-order chi connectivity index (χ1) is 9.93. The topological polar surface area (TPSA) is 146 Å². The van der Waals surface area contributed by atoms with Crippen molar-refractivity contribution in [3.63, 3.8) is 0 Å². The lowest BCUT2D eigenvalue weighted by Gasteiger charge is -2.39. The van der Waals surface area contributed by atoms with Gasteiger partial charge in [-0.3, -0.25) is 5.21 Å². The van der Waals surface area contributed by atoms with Crippen molar-refractivity contribution in [2.24, 2.45) is 0 Å². The quantitative estimate of drug-likeness (QED) is 0.422. The van der Waals surface area contributed by atoms with Crippen LogP contribution in [-0.4, -0.2) is 62.9 Å². The van der Waals surface area contributed by atoms with Crippen LogP contribution in [-0.2, 0) is 4.74 Å². The number of benzene rings is 1. The van der Waals surface area contributed by atoms with E-state index in [-0.39, 0.29) is 16.7 Å². The van der Waals surface area contributed by atoms with E-state index in [2.05, 4.69) is 0 Å². The number of anilines is 1. The molecule has 1 aromatic carbocycles. The average molecular weight is 302 g/mol. The van der Waals surface area contributed by atoms with E-state index in [1.807, 2.05) is 0 Å². The van der Waals surface area contributed by atoms with Gasteiger partial charge in [0.15, 0.2) is 0 Å². The molecule has 5 N–H and O–H groups in total. The van der Waals surface area contributed by atoms with Crippen LogP contribution in [0, 0.1) is 5.21 Å². The molecule has 2 rings (SSSR count). The Bertz CT molecular complexity index is 451. The Morgan fingerprint density at radius 3 is 2.24 bits per heavy atom. The highest BCUT2D eigenvalue weighted by Gasteiger charge is 2.44. The van der Waals surface area contributed by atoms with Crippen molar-refractivity contribution in [2.75, 3.05) is 11.8 Å². The van der Waals surface area contributed by atoms with Gasteiger partial charge < -0.3 is 40.3 Å². The molecule has 21 heavy (non-hydrogen) atoms. The van der Waals surface area contributed by atoms with Crippen LogP contribution in [0.25, 0.3) is 0 Å². The maximum atomic E-state index is 10.6. The summed E-state index contributed by atoms with van der Waals surface area (Å²) in [6, 6.07) is 5.23. The molecule has 0 radical (unpaired) electrons. The van der Waals surface area contributed by atoms with Crippen molar-refractivity contribution < 1.29 is 35.1 Å². The van der Waals surface area contributed by atoms with Gasteiger partial charge in [0.1, 0.15) is 30.2 Å². The van der Waals surface area contributed by atoms with E-state index in [0.29, 0.717) is 0 Å². The van der Waals surface area contributed by atoms with Crippen LogP contribution in [0.2, 0.25) is 0 Å². The zero-order valence-corrected chi connectivity index (χ0v) is 10.8. The Labute approximate surface area is 119 Å². The highest BCUT2D eigenvalue weighted by atomic mass is 16.8. The van der Waals surface area contributed by atoms with Crippen LogP contribution in [0.1, 0.15) is 0 Å². The minimum atomic E-state index is -1.53. The number of aliphatic hydroxyl groups excluding tert-OH is 4. The van der Waals surface area contributed by atoms with Crippen molar-refractivity contribution >= 4 is 5.69 Å². The second kappa shape index (κ2) is 6.54. The van der Waals surface area contributed by atoms with Crippen molar-refractivity contribution in [3.8, 4) is 5.75 Å². The van der Waals surface area contributed by atoms with Crippen LogP contribution < -0.4 is 9.96 Å². The molecule has 1 aliphatic heterocycles. The Morgan fingerprint density at radius 2 is 1.71 bits per heavy atom. The summed E-state index contributed by atoms with van der Waals surface area (Å²) in [5.74, 6) is 0.199. The lowest BCUT2D eigenvalue weighted by atomic mass is 9.99. The third-order valence-corrected chi connectivity index (χ3v) is 3.16. The summed E-state index contributed by atoms with van der Waals surface area (Å²) in [5.41, 5.74) is -0.0175. The number of hydrogen-bond donors (Lipinski definition) is 5. The molecule has 1 saturated heterocycles. The van der Waals surface area contributed by atoms with E-state index in [1.165, 1.54) is 24.3 Å². The second-order valence-corrected chi connectivity index (χ2v) is 4.58. The first kappa shape index (κ1) is 15.9. The van der Waals surface area contributed by atoms with E-state index in [4.69, 9.17) is 19.8 Å². The van der Waals surface area contributed by atoms with Gasteiger partial charge in [0.25, 0.3) is 0 Å². The van der Waals surface area contributed by atoms with E-state index >= 15 is 0 Å². The monoisotopic (exact) mass is 302 g/mol. The minimum absolute atomic E-state index is 0.0175. The summed E-state index contributed by atoms with van der Waals surface area (Å²) >= 11 is 0. The van der Waals surface area contributed by atoms with E-state index in [9.17, 15) is 20.5 Å². The van der Waals surface area contributed by atoms with Crippen molar-refractivity contribution in [3.05, 3.63) is 29.5 Å². The lowest BCUT2D eigenvalue weighted by molar-refractivity contribution is -0.277. The average Bonchev–Trinajstić information content (AvgIpc) is 2.48. The fraction of sp³-hybridized carbons (Fsp3) is 0.500. The summed E-state index contributed by atoms with van der Waals surface area (Å²) in [6.45, 7) is -0.556. The molecule has 118 valence electrons. The fourth-order valence-corrected chi connectivity index (χ4v) is 1.95. The number of nitrogens with zero attached hydrogens (tertiary/aromatic N) is 1. The highest BCUT2D eigenvalue weighted by molar-refractivity contribution is 5.47. The molecule has 0 amide bonds. The van der Waals surface area contributed by atoms with Crippen molar-refractivity contribution in [1.29, 1.82) is 0 Å².